The molecule has 72 valence electrons. The summed E-state index contributed by atoms with van der Waals surface area (Å²) in [4.78, 5) is 4.90. The first-order valence-corrected chi connectivity index (χ1v) is 5.61. The van der Waals surface area contributed by atoms with Gasteiger partial charge in [0.25, 0.3) is 0 Å². The van der Waals surface area contributed by atoms with E-state index in [2.05, 4.69) is 0 Å². The molecule has 12 heavy (non-hydrogen) atoms. The third kappa shape index (κ3) is 2.54. The second-order valence-corrected chi connectivity index (χ2v) is 4.89. The van der Waals surface area contributed by atoms with Crippen LogP contribution in [0.5, 0.6) is 0 Å². The van der Waals surface area contributed by atoms with E-state index in [4.69, 9.17) is 4.84 Å². The average Bonchev–Trinajstić information content (AvgIpc) is 2.17. The van der Waals surface area contributed by atoms with Gasteiger partial charge in [-0.05, 0) is 12.8 Å². The van der Waals surface area contributed by atoms with Gasteiger partial charge in [0, 0.05) is 7.05 Å². The minimum Gasteiger partial charge on any atom is -0.290 e. The summed E-state index contributed by atoms with van der Waals surface area (Å²) in [6.45, 7) is 0. The first-order valence-electron chi connectivity index (χ1n) is 4.44. The van der Waals surface area contributed by atoms with Gasteiger partial charge in [0.05, 0.1) is 12.4 Å². The van der Waals surface area contributed by atoms with Crippen LogP contribution in [0, 0.1) is 0 Å². The highest BCUT2D eigenvalue weighted by Crippen LogP contribution is 2.22. The predicted molar refractivity (Wildman–Crippen MR) is 49.8 cm³/mol. The van der Waals surface area contributed by atoms with E-state index in [0.717, 1.165) is 12.8 Å². The smallest absolute Gasteiger partial charge is 0.121 e. The van der Waals surface area contributed by atoms with E-state index in [-0.39, 0.29) is 0 Å². The molecule has 0 spiro atoms. The monoisotopic (exact) mass is 191 g/mol. The topological polar surface area (TPSA) is 29.5 Å². The van der Waals surface area contributed by atoms with Crippen LogP contribution in [-0.2, 0) is 15.8 Å². The van der Waals surface area contributed by atoms with Gasteiger partial charge < -0.3 is 0 Å². The third-order valence-corrected chi connectivity index (χ3v) is 4.05. The van der Waals surface area contributed by atoms with Crippen LogP contribution >= 0.6 is 0 Å². The number of hydrogen-bond donors (Lipinski definition) is 0. The van der Waals surface area contributed by atoms with Crippen molar-refractivity contribution in [1.29, 1.82) is 0 Å². The molecular weight excluding hydrogens is 174 g/mol. The minimum absolute atomic E-state index is 0.323. The predicted octanol–water partition coefficient (Wildman–Crippen LogP) is 1.48. The standard InChI is InChI=1S/C8H17NO2S/c1-9(11-2)12(10)8-6-4-3-5-7-8/h8H,3-7H2,1-2H3. The molecule has 4 heteroatoms. The molecule has 1 saturated carbocycles. The summed E-state index contributed by atoms with van der Waals surface area (Å²) in [5.74, 6) is 0. The zero-order chi connectivity index (χ0) is 8.97. The molecule has 3 nitrogen and oxygen atoms in total. The van der Waals surface area contributed by atoms with Crippen LogP contribution < -0.4 is 0 Å². The second kappa shape index (κ2) is 4.94. The normalized spacial score (nSPS) is 22.9. The Balaban J connectivity index is 2.39. The molecule has 0 aromatic heterocycles. The molecule has 0 radical (unpaired) electrons. The molecular formula is C8H17NO2S. The van der Waals surface area contributed by atoms with Crippen molar-refractivity contribution in [3.8, 4) is 0 Å². The number of hydroxylamine groups is 1. The summed E-state index contributed by atoms with van der Waals surface area (Å²) in [6, 6.07) is 0. The van der Waals surface area contributed by atoms with Crippen LogP contribution in [0.2, 0.25) is 0 Å². The number of nitrogens with zero attached hydrogens (tertiary/aromatic N) is 1. The lowest BCUT2D eigenvalue weighted by atomic mass is 10.0. The lowest BCUT2D eigenvalue weighted by Crippen LogP contribution is -2.30. The van der Waals surface area contributed by atoms with E-state index in [9.17, 15) is 4.21 Å². The third-order valence-electron chi connectivity index (χ3n) is 2.35. The average molecular weight is 191 g/mol. The Kier molecular flexibility index (Phi) is 4.18. The van der Waals surface area contributed by atoms with Gasteiger partial charge in [-0.1, -0.05) is 19.3 Å². The van der Waals surface area contributed by atoms with Crippen LogP contribution in [0.15, 0.2) is 0 Å². The van der Waals surface area contributed by atoms with Crippen LogP contribution in [0.1, 0.15) is 32.1 Å². The van der Waals surface area contributed by atoms with E-state index in [1.54, 1.807) is 14.2 Å². The number of rotatable bonds is 3. The molecule has 0 amide bonds. The highest BCUT2D eigenvalue weighted by atomic mass is 32.2. The molecule has 1 aliphatic carbocycles. The zero-order valence-electron chi connectivity index (χ0n) is 7.78. The van der Waals surface area contributed by atoms with Crippen LogP contribution in [-0.4, -0.2) is 28.1 Å². The molecule has 0 aliphatic heterocycles. The highest BCUT2D eigenvalue weighted by molar-refractivity contribution is 7.83. The summed E-state index contributed by atoms with van der Waals surface area (Å²) >= 11 is 0. The Hall–Kier alpha value is 0.0700. The van der Waals surface area contributed by atoms with Crippen molar-refractivity contribution in [3.05, 3.63) is 0 Å². The molecule has 1 aliphatic rings. The van der Waals surface area contributed by atoms with Gasteiger partial charge >= 0.3 is 0 Å². The summed E-state index contributed by atoms with van der Waals surface area (Å²) < 4.78 is 13.1. The van der Waals surface area contributed by atoms with Gasteiger partial charge in [-0.25, -0.2) is 4.21 Å². The minimum atomic E-state index is -0.940. The summed E-state index contributed by atoms with van der Waals surface area (Å²) in [5, 5.41) is 0.323. The molecule has 1 rings (SSSR count). The quantitative estimate of drug-likeness (QED) is 0.632. The maximum absolute atomic E-state index is 11.6. The first-order chi connectivity index (χ1) is 5.75. The van der Waals surface area contributed by atoms with Crippen LogP contribution in [0.4, 0.5) is 0 Å². The van der Waals surface area contributed by atoms with Gasteiger partial charge in [0.1, 0.15) is 11.0 Å². The largest absolute Gasteiger partial charge is 0.290 e. The van der Waals surface area contributed by atoms with Crippen molar-refractivity contribution in [3.63, 3.8) is 0 Å². The first kappa shape index (κ1) is 10.2. The maximum Gasteiger partial charge on any atom is 0.121 e. The van der Waals surface area contributed by atoms with Gasteiger partial charge in [-0.2, -0.15) is 0 Å². The summed E-state index contributed by atoms with van der Waals surface area (Å²) in [6.07, 6.45) is 5.90. The Bertz CT molecular complexity index is 157. The van der Waals surface area contributed by atoms with Crippen molar-refractivity contribution in [2.24, 2.45) is 0 Å². The maximum atomic E-state index is 11.6. The zero-order valence-corrected chi connectivity index (χ0v) is 8.60. The number of hydrogen-bond acceptors (Lipinski definition) is 2. The van der Waals surface area contributed by atoms with Gasteiger partial charge in [-0.15, -0.1) is 4.47 Å². The molecule has 1 unspecified atom stereocenters. The van der Waals surface area contributed by atoms with E-state index >= 15 is 0 Å². The van der Waals surface area contributed by atoms with E-state index < -0.39 is 11.0 Å². The highest BCUT2D eigenvalue weighted by Gasteiger charge is 2.22. The molecule has 1 atom stereocenters. The second-order valence-electron chi connectivity index (χ2n) is 3.16. The Labute approximate surface area is 76.6 Å². The fraction of sp³-hybridized carbons (Fsp3) is 1.00. The molecule has 0 heterocycles. The van der Waals surface area contributed by atoms with Gasteiger partial charge in [0.15, 0.2) is 0 Å². The lowest BCUT2D eigenvalue weighted by Gasteiger charge is -2.24. The van der Waals surface area contributed by atoms with Crippen molar-refractivity contribution in [2.45, 2.75) is 37.4 Å². The lowest BCUT2D eigenvalue weighted by molar-refractivity contribution is -0.0215. The van der Waals surface area contributed by atoms with Crippen molar-refractivity contribution >= 4 is 11.0 Å². The molecule has 1 fully saturated rings. The van der Waals surface area contributed by atoms with Crippen molar-refractivity contribution in [1.82, 2.24) is 4.47 Å². The van der Waals surface area contributed by atoms with Crippen LogP contribution in [0.3, 0.4) is 0 Å². The van der Waals surface area contributed by atoms with Gasteiger partial charge in [-0.3, -0.25) is 4.84 Å². The molecule has 0 aromatic carbocycles. The molecule has 0 saturated heterocycles. The Morgan fingerprint density at radius 2 is 1.92 bits per heavy atom. The molecule has 0 aromatic rings. The summed E-state index contributed by atoms with van der Waals surface area (Å²) in [5.41, 5.74) is 0. The SMILES string of the molecule is CON(C)S(=O)C1CCCCC1. The summed E-state index contributed by atoms with van der Waals surface area (Å²) in [7, 11) is 2.34. The fourth-order valence-corrected chi connectivity index (χ4v) is 2.85. The van der Waals surface area contributed by atoms with E-state index in [0.29, 0.717) is 5.25 Å². The van der Waals surface area contributed by atoms with Crippen molar-refractivity contribution < 1.29 is 9.05 Å². The molecule has 0 N–H and O–H groups in total. The van der Waals surface area contributed by atoms with E-state index in [1.807, 2.05) is 0 Å². The Morgan fingerprint density at radius 3 is 2.42 bits per heavy atom. The van der Waals surface area contributed by atoms with Crippen LogP contribution in [0.25, 0.3) is 0 Å². The van der Waals surface area contributed by atoms with Gasteiger partial charge in [0.2, 0.25) is 0 Å². The van der Waals surface area contributed by atoms with E-state index in [1.165, 1.54) is 23.7 Å². The fourth-order valence-electron chi connectivity index (χ4n) is 1.55. The van der Waals surface area contributed by atoms with Crippen molar-refractivity contribution in [2.75, 3.05) is 14.2 Å². The Morgan fingerprint density at radius 1 is 1.33 bits per heavy atom. The molecule has 0 bridgehead atoms.